The SMILES string of the molecule is COc1ccccc1OCc1ccc(C(=O)N2CCCN(C(=O)OCC(C)C)CC2)o1. The van der Waals surface area contributed by atoms with Gasteiger partial charge in [-0.05, 0) is 36.6 Å². The Labute approximate surface area is 182 Å². The molecular weight excluding hydrogens is 400 g/mol. The summed E-state index contributed by atoms with van der Waals surface area (Å²) in [5, 5.41) is 0. The van der Waals surface area contributed by atoms with Gasteiger partial charge in [-0.2, -0.15) is 0 Å². The molecule has 168 valence electrons. The van der Waals surface area contributed by atoms with Gasteiger partial charge in [0.05, 0.1) is 13.7 Å². The summed E-state index contributed by atoms with van der Waals surface area (Å²) in [6, 6.07) is 10.7. The molecular formula is C23H30N2O6. The van der Waals surface area contributed by atoms with Crippen molar-refractivity contribution in [1.29, 1.82) is 0 Å². The van der Waals surface area contributed by atoms with Gasteiger partial charge in [0.1, 0.15) is 12.4 Å². The molecule has 0 aliphatic carbocycles. The van der Waals surface area contributed by atoms with E-state index in [1.807, 2.05) is 38.1 Å². The summed E-state index contributed by atoms with van der Waals surface area (Å²) in [6.07, 6.45) is 0.365. The van der Waals surface area contributed by atoms with Crippen LogP contribution in [-0.4, -0.2) is 61.7 Å². The molecule has 1 aromatic carbocycles. The van der Waals surface area contributed by atoms with Gasteiger partial charge in [0.25, 0.3) is 5.91 Å². The van der Waals surface area contributed by atoms with Gasteiger partial charge in [0.2, 0.25) is 0 Å². The summed E-state index contributed by atoms with van der Waals surface area (Å²) in [4.78, 5) is 28.4. The molecule has 1 aliphatic rings. The first kappa shape index (κ1) is 22.5. The third-order valence-electron chi connectivity index (χ3n) is 4.89. The van der Waals surface area contributed by atoms with Crippen molar-refractivity contribution in [2.75, 3.05) is 39.9 Å². The van der Waals surface area contributed by atoms with Gasteiger partial charge in [-0.3, -0.25) is 4.79 Å². The molecule has 2 amide bonds. The molecule has 0 N–H and O–H groups in total. The van der Waals surface area contributed by atoms with Crippen molar-refractivity contribution in [3.63, 3.8) is 0 Å². The van der Waals surface area contributed by atoms with E-state index in [9.17, 15) is 9.59 Å². The minimum atomic E-state index is -0.322. The minimum absolute atomic E-state index is 0.184. The van der Waals surface area contributed by atoms with Crippen LogP contribution < -0.4 is 9.47 Å². The lowest BCUT2D eigenvalue weighted by Gasteiger charge is -2.21. The van der Waals surface area contributed by atoms with Crippen LogP contribution in [0.5, 0.6) is 11.5 Å². The molecule has 8 heteroatoms. The summed E-state index contributed by atoms with van der Waals surface area (Å²) < 4.78 is 22.0. The second-order valence-electron chi connectivity index (χ2n) is 7.81. The average molecular weight is 431 g/mol. The molecule has 0 spiro atoms. The molecule has 3 rings (SSSR count). The van der Waals surface area contributed by atoms with Crippen molar-refractivity contribution in [3.8, 4) is 11.5 Å². The van der Waals surface area contributed by atoms with Crippen LogP contribution in [0.15, 0.2) is 40.8 Å². The number of carbonyl (C=O) groups excluding carboxylic acids is 2. The lowest BCUT2D eigenvalue weighted by Crippen LogP contribution is -2.37. The van der Waals surface area contributed by atoms with Crippen molar-refractivity contribution in [2.45, 2.75) is 26.9 Å². The number of furan rings is 1. The van der Waals surface area contributed by atoms with Crippen LogP contribution in [0.1, 0.15) is 36.6 Å². The number of rotatable bonds is 7. The normalized spacial score (nSPS) is 14.3. The minimum Gasteiger partial charge on any atom is -0.493 e. The van der Waals surface area contributed by atoms with Gasteiger partial charge in [-0.15, -0.1) is 0 Å². The van der Waals surface area contributed by atoms with E-state index in [1.165, 1.54) is 0 Å². The molecule has 1 saturated heterocycles. The molecule has 2 aromatic rings. The third kappa shape index (κ3) is 6.16. The van der Waals surface area contributed by atoms with Crippen LogP contribution in [-0.2, 0) is 11.3 Å². The maximum absolute atomic E-state index is 12.9. The zero-order chi connectivity index (χ0) is 22.2. The Morgan fingerprint density at radius 3 is 2.45 bits per heavy atom. The third-order valence-corrected chi connectivity index (χ3v) is 4.89. The number of para-hydroxylation sites is 2. The summed E-state index contributed by atoms with van der Waals surface area (Å²) in [5.74, 6) is 2.13. The number of nitrogens with zero attached hydrogens (tertiary/aromatic N) is 2. The fourth-order valence-electron chi connectivity index (χ4n) is 3.25. The predicted octanol–water partition coefficient (Wildman–Crippen LogP) is 3.81. The standard InChI is InChI=1S/C23H30N2O6/c1-17(2)15-30-23(27)25-12-6-11-24(13-14-25)22(26)21-10-9-18(31-21)16-29-20-8-5-4-7-19(20)28-3/h4-5,7-10,17H,6,11-16H2,1-3H3. The molecule has 0 unspecified atom stereocenters. The van der Waals surface area contributed by atoms with Gasteiger partial charge in [0.15, 0.2) is 17.3 Å². The molecule has 1 aromatic heterocycles. The lowest BCUT2D eigenvalue weighted by molar-refractivity contribution is 0.0713. The highest BCUT2D eigenvalue weighted by molar-refractivity contribution is 5.91. The Kier molecular flexibility index (Phi) is 7.81. The first-order chi connectivity index (χ1) is 15.0. The smallest absolute Gasteiger partial charge is 0.409 e. The Morgan fingerprint density at radius 2 is 1.71 bits per heavy atom. The van der Waals surface area contributed by atoms with E-state index < -0.39 is 0 Å². The number of hydrogen-bond acceptors (Lipinski definition) is 6. The quantitative estimate of drug-likeness (QED) is 0.665. The Morgan fingerprint density at radius 1 is 1.00 bits per heavy atom. The summed E-state index contributed by atoms with van der Waals surface area (Å²) in [7, 11) is 1.58. The highest BCUT2D eigenvalue weighted by Gasteiger charge is 2.25. The van der Waals surface area contributed by atoms with Gasteiger partial charge in [0, 0.05) is 26.2 Å². The first-order valence-corrected chi connectivity index (χ1v) is 10.5. The lowest BCUT2D eigenvalue weighted by atomic mass is 10.2. The number of amides is 2. The number of hydrogen-bond donors (Lipinski definition) is 0. The molecule has 0 saturated carbocycles. The van der Waals surface area contributed by atoms with E-state index in [0.717, 1.165) is 0 Å². The van der Waals surface area contributed by atoms with Gasteiger partial charge in [-0.25, -0.2) is 4.79 Å². The topological polar surface area (TPSA) is 81.5 Å². The van der Waals surface area contributed by atoms with Crippen LogP contribution in [0.4, 0.5) is 4.79 Å². The maximum Gasteiger partial charge on any atom is 0.409 e. The summed E-state index contributed by atoms with van der Waals surface area (Å²) >= 11 is 0. The molecule has 0 atom stereocenters. The number of ether oxygens (including phenoxy) is 3. The summed E-state index contributed by atoms with van der Waals surface area (Å²) in [5.41, 5.74) is 0. The van der Waals surface area contributed by atoms with Crippen molar-refractivity contribution in [1.82, 2.24) is 9.80 Å². The Bertz CT molecular complexity index is 878. The maximum atomic E-state index is 12.9. The van der Waals surface area contributed by atoms with Gasteiger partial charge in [-0.1, -0.05) is 26.0 Å². The predicted molar refractivity (Wildman–Crippen MR) is 114 cm³/mol. The second kappa shape index (κ2) is 10.7. The molecule has 1 aliphatic heterocycles. The number of benzene rings is 1. The molecule has 1 fully saturated rings. The Balaban J connectivity index is 1.53. The highest BCUT2D eigenvalue weighted by Crippen LogP contribution is 2.27. The fourth-order valence-corrected chi connectivity index (χ4v) is 3.25. The summed E-state index contributed by atoms with van der Waals surface area (Å²) in [6.45, 7) is 6.56. The zero-order valence-corrected chi connectivity index (χ0v) is 18.3. The van der Waals surface area contributed by atoms with Crippen LogP contribution in [0.25, 0.3) is 0 Å². The Hall–Kier alpha value is -3.16. The van der Waals surface area contributed by atoms with Gasteiger partial charge >= 0.3 is 6.09 Å². The number of carbonyl (C=O) groups is 2. The molecule has 31 heavy (non-hydrogen) atoms. The highest BCUT2D eigenvalue weighted by atomic mass is 16.6. The van der Waals surface area contributed by atoms with E-state index in [2.05, 4.69) is 0 Å². The van der Waals surface area contributed by atoms with Crippen LogP contribution in [0.3, 0.4) is 0 Å². The van der Waals surface area contributed by atoms with E-state index in [4.69, 9.17) is 18.6 Å². The monoisotopic (exact) mass is 430 g/mol. The fraction of sp³-hybridized carbons (Fsp3) is 0.478. The van der Waals surface area contributed by atoms with Gasteiger partial charge < -0.3 is 28.4 Å². The second-order valence-corrected chi connectivity index (χ2v) is 7.81. The average Bonchev–Trinajstić information content (AvgIpc) is 3.11. The van der Waals surface area contributed by atoms with Crippen molar-refractivity contribution >= 4 is 12.0 Å². The van der Waals surface area contributed by atoms with Crippen LogP contribution in [0.2, 0.25) is 0 Å². The molecule has 8 nitrogen and oxygen atoms in total. The van der Waals surface area contributed by atoms with E-state index >= 15 is 0 Å². The van der Waals surface area contributed by atoms with Crippen molar-refractivity contribution in [3.05, 3.63) is 47.9 Å². The van der Waals surface area contributed by atoms with Crippen molar-refractivity contribution in [2.24, 2.45) is 5.92 Å². The first-order valence-electron chi connectivity index (χ1n) is 10.5. The number of methoxy groups -OCH3 is 1. The van der Waals surface area contributed by atoms with E-state index in [-0.39, 0.29) is 30.3 Å². The molecule has 0 bridgehead atoms. The van der Waals surface area contributed by atoms with Crippen LogP contribution in [0, 0.1) is 5.92 Å². The largest absolute Gasteiger partial charge is 0.493 e. The van der Waals surface area contributed by atoms with Crippen LogP contribution >= 0.6 is 0 Å². The zero-order valence-electron chi connectivity index (χ0n) is 18.3. The van der Waals surface area contributed by atoms with E-state index in [0.29, 0.717) is 56.5 Å². The van der Waals surface area contributed by atoms with E-state index in [1.54, 1.807) is 29.0 Å². The molecule has 2 heterocycles. The molecule has 0 radical (unpaired) electrons. The van der Waals surface area contributed by atoms with Crippen molar-refractivity contribution < 1.29 is 28.2 Å².